The molecule has 0 spiro atoms. The number of nitrogens with one attached hydrogen (secondary N) is 1. The number of rotatable bonds is 10. The zero-order chi connectivity index (χ0) is 20.6. The first-order valence-corrected chi connectivity index (χ1v) is 10.5. The SMILES string of the molecule is COc1cccc([C@H](CNC[C@H](O)CO[C@H]2CCCc3ccccc32)N(C)C)c1. The molecule has 1 aliphatic rings. The van der Waals surface area contributed by atoms with E-state index in [4.69, 9.17) is 9.47 Å². The summed E-state index contributed by atoms with van der Waals surface area (Å²) in [4.78, 5) is 2.17. The van der Waals surface area contributed by atoms with Crippen molar-refractivity contribution in [2.45, 2.75) is 37.5 Å². The summed E-state index contributed by atoms with van der Waals surface area (Å²) in [6.07, 6.45) is 2.85. The largest absolute Gasteiger partial charge is 0.497 e. The molecular weight excluding hydrogens is 364 g/mol. The maximum atomic E-state index is 10.4. The molecule has 1 aliphatic carbocycles. The lowest BCUT2D eigenvalue weighted by Crippen LogP contribution is -2.37. The summed E-state index contributed by atoms with van der Waals surface area (Å²) in [6, 6.07) is 16.8. The second-order valence-electron chi connectivity index (χ2n) is 7.98. The van der Waals surface area contributed by atoms with E-state index in [2.05, 4.69) is 60.7 Å². The summed E-state index contributed by atoms with van der Waals surface area (Å²) >= 11 is 0. The van der Waals surface area contributed by atoms with Gasteiger partial charge in [-0.15, -0.1) is 0 Å². The number of ether oxygens (including phenoxy) is 2. The van der Waals surface area contributed by atoms with Gasteiger partial charge in [0.25, 0.3) is 0 Å². The molecule has 29 heavy (non-hydrogen) atoms. The number of methoxy groups -OCH3 is 1. The molecule has 2 N–H and O–H groups in total. The van der Waals surface area contributed by atoms with Gasteiger partial charge >= 0.3 is 0 Å². The summed E-state index contributed by atoms with van der Waals surface area (Å²) in [7, 11) is 5.81. The highest BCUT2D eigenvalue weighted by atomic mass is 16.5. The molecule has 0 heterocycles. The van der Waals surface area contributed by atoms with Gasteiger partial charge in [0.1, 0.15) is 5.75 Å². The Morgan fingerprint density at radius 1 is 1.14 bits per heavy atom. The molecule has 0 aromatic heterocycles. The summed E-state index contributed by atoms with van der Waals surface area (Å²) in [6.45, 7) is 1.59. The summed E-state index contributed by atoms with van der Waals surface area (Å²) < 4.78 is 11.4. The molecule has 0 bridgehead atoms. The molecule has 3 rings (SSSR count). The lowest BCUT2D eigenvalue weighted by Gasteiger charge is -2.28. The van der Waals surface area contributed by atoms with Crippen LogP contribution < -0.4 is 10.1 Å². The third kappa shape index (κ3) is 6.03. The van der Waals surface area contributed by atoms with Crippen molar-refractivity contribution in [1.29, 1.82) is 0 Å². The number of hydrogen-bond donors (Lipinski definition) is 2. The predicted octanol–water partition coefficient (Wildman–Crippen LogP) is 3.34. The standard InChI is InChI=1S/C24H34N2O3/c1-26(2)23(19-10-6-11-21(14-19)28-3)16-25-15-20(27)17-29-24-13-7-9-18-8-4-5-12-22(18)24/h4-6,8,10-12,14,20,23-25,27H,7,9,13,15-17H2,1-3H3/t20-,23-,24-/m0/s1. The highest BCUT2D eigenvalue weighted by Crippen LogP contribution is 2.32. The van der Waals surface area contributed by atoms with Crippen molar-refractivity contribution >= 4 is 0 Å². The van der Waals surface area contributed by atoms with Gasteiger partial charge in [0.2, 0.25) is 0 Å². The molecule has 0 saturated carbocycles. The van der Waals surface area contributed by atoms with Crippen molar-refractivity contribution in [1.82, 2.24) is 10.2 Å². The number of likely N-dealkylation sites (N-methyl/N-ethyl adjacent to an activating group) is 1. The van der Waals surface area contributed by atoms with E-state index in [0.717, 1.165) is 31.6 Å². The van der Waals surface area contributed by atoms with Gasteiger partial charge in [-0.05, 0) is 62.2 Å². The minimum Gasteiger partial charge on any atom is -0.497 e. The van der Waals surface area contributed by atoms with E-state index in [9.17, 15) is 5.11 Å². The van der Waals surface area contributed by atoms with Gasteiger partial charge in [0.05, 0.1) is 25.9 Å². The fourth-order valence-corrected chi connectivity index (χ4v) is 4.00. The molecule has 0 saturated heterocycles. The molecular formula is C24H34N2O3. The molecule has 2 aromatic rings. The number of benzene rings is 2. The van der Waals surface area contributed by atoms with E-state index in [1.165, 1.54) is 16.7 Å². The number of aliphatic hydroxyl groups is 1. The molecule has 5 nitrogen and oxygen atoms in total. The molecule has 0 unspecified atom stereocenters. The van der Waals surface area contributed by atoms with E-state index in [0.29, 0.717) is 13.2 Å². The maximum Gasteiger partial charge on any atom is 0.119 e. The van der Waals surface area contributed by atoms with Crippen LogP contribution in [0, 0.1) is 0 Å². The zero-order valence-corrected chi connectivity index (χ0v) is 17.8. The van der Waals surface area contributed by atoms with E-state index in [1.54, 1.807) is 7.11 Å². The quantitative estimate of drug-likeness (QED) is 0.643. The van der Waals surface area contributed by atoms with Crippen LogP contribution in [0.25, 0.3) is 0 Å². The van der Waals surface area contributed by atoms with Crippen molar-refractivity contribution in [3.63, 3.8) is 0 Å². The van der Waals surface area contributed by atoms with Crippen LogP contribution in [-0.2, 0) is 11.2 Å². The highest BCUT2D eigenvalue weighted by molar-refractivity contribution is 5.31. The van der Waals surface area contributed by atoms with Gasteiger partial charge in [-0.1, -0.05) is 36.4 Å². The Balaban J connectivity index is 1.47. The third-order valence-electron chi connectivity index (χ3n) is 5.62. The first-order valence-electron chi connectivity index (χ1n) is 10.5. The molecule has 0 radical (unpaired) electrons. The fourth-order valence-electron chi connectivity index (χ4n) is 4.00. The number of aliphatic hydroxyl groups excluding tert-OH is 1. The molecule has 0 amide bonds. The number of aryl methyl sites for hydroxylation is 1. The van der Waals surface area contributed by atoms with E-state index >= 15 is 0 Å². The molecule has 0 aliphatic heterocycles. The summed E-state index contributed by atoms with van der Waals surface area (Å²) in [5.41, 5.74) is 3.85. The molecule has 5 heteroatoms. The summed E-state index contributed by atoms with van der Waals surface area (Å²) in [5, 5.41) is 13.8. The number of fused-ring (bicyclic) bond motifs is 1. The Morgan fingerprint density at radius 3 is 2.76 bits per heavy atom. The first-order chi connectivity index (χ1) is 14.1. The zero-order valence-electron chi connectivity index (χ0n) is 17.8. The van der Waals surface area contributed by atoms with Gasteiger partial charge in [-0.3, -0.25) is 0 Å². The average Bonchev–Trinajstić information content (AvgIpc) is 2.75. The lowest BCUT2D eigenvalue weighted by molar-refractivity contribution is -0.0169. The van der Waals surface area contributed by atoms with Gasteiger partial charge in [-0.2, -0.15) is 0 Å². The van der Waals surface area contributed by atoms with Crippen molar-refractivity contribution < 1.29 is 14.6 Å². The number of hydrogen-bond acceptors (Lipinski definition) is 5. The fraction of sp³-hybridized carbons (Fsp3) is 0.500. The Morgan fingerprint density at radius 2 is 1.97 bits per heavy atom. The minimum atomic E-state index is -0.530. The van der Waals surface area contributed by atoms with Crippen LogP contribution in [0.1, 0.15) is 41.7 Å². The molecule has 158 valence electrons. The van der Waals surface area contributed by atoms with Gasteiger partial charge < -0.3 is 24.8 Å². The lowest BCUT2D eigenvalue weighted by atomic mass is 9.89. The topological polar surface area (TPSA) is 54.0 Å². The minimum absolute atomic E-state index is 0.0981. The van der Waals surface area contributed by atoms with Crippen molar-refractivity contribution in [2.75, 3.05) is 40.9 Å². The Bertz CT molecular complexity index is 765. The van der Waals surface area contributed by atoms with Crippen LogP contribution in [0.2, 0.25) is 0 Å². The average molecular weight is 399 g/mol. The van der Waals surface area contributed by atoms with Crippen molar-refractivity contribution in [2.24, 2.45) is 0 Å². The van der Waals surface area contributed by atoms with Crippen LogP contribution in [0.15, 0.2) is 48.5 Å². The summed E-state index contributed by atoms with van der Waals surface area (Å²) in [5.74, 6) is 0.857. The predicted molar refractivity (Wildman–Crippen MR) is 116 cm³/mol. The third-order valence-corrected chi connectivity index (χ3v) is 5.62. The van der Waals surface area contributed by atoms with Crippen LogP contribution in [0.4, 0.5) is 0 Å². The van der Waals surface area contributed by atoms with Crippen molar-refractivity contribution in [3.8, 4) is 5.75 Å². The van der Waals surface area contributed by atoms with Crippen LogP contribution >= 0.6 is 0 Å². The van der Waals surface area contributed by atoms with E-state index in [-0.39, 0.29) is 12.1 Å². The van der Waals surface area contributed by atoms with Crippen molar-refractivity contribution in [3.05, 3.63) is 65.2 Å². The maximum absolute atomic E-state index is 10.4. The van der Waals surface area contributed by atoms with Gasteiger partial charge in [0.15, 0.2) is 0 Å². The monoisotopic (exact) mass is 398 g/mol. The van der Waals surface area contributed by atoms with E-state index < -0.39 is 6.10 Å². The normalized spacial score (nSPS) is 18.3. The second-order valence-corrected chi connectivity index (χ2v) is 7.98. The van der Waals surface area contributed by atoms with Crippen LogP contribution in [-0.4, -0.2) is 57.0 Å². The molecule has 3 atom stereocenters. The van der Waals surface area contributed by atoms with E-state index in [1.807, 2.05) is 12.1 Å². The molecule has 0 fully saturated rings. The Hall–Kier alpha value is -1.92. The number of nitrogens with zero attached hydrogens (tertiary/aromatic N) is 1. The Labute approximate surface area is 174 Å². The first kappa shape index (κ1) is 21.8. The highest BCUT2D eigenvalue weighted by Gasteiger charge is 2.21. The van der Waals surface area contributed by atoms with Gasteiger partial charge in [-0.25, -0.2) is 0 Å². The Kier molecular flexibility index (Phi) is 8.07. The van der Waals surface area contributed by atoms with Crippen LogP contribution in [0.3, 0.4) is 0 Å². The second kappa shape index (κ2) is 10.7. The molecule has 2 aromatic carbocycles. The van der Waals surface area contributed by atoms with Gasteiger partial charge in [0, 0.05) is 19.1 Å². The van der Waals surface area contributed by atoms with Crippen LogP contribution in [0.5, 0.6) is 5.75 Å². The smallest absolute Gasteiger partial charge is 0.119 e.